The summed E-state index contributed by atoms with van der Waals surface area (Å²) >= 11 is 0. The van der Waals surface area contributed by atoms with E-state index in [0.29, 0.717) is 18.7 Å². The number of hydrogen-bond donors (Lipinski definition) is 3. The number of nitrogens with one attached hydrogen (secondary N) is 2. The molecule has 5 nitrogen and oxygen atoms in total. The Morgan fingerprint density at radius 1 is 1.61 bits per heavy atom. The molecule has 2 atom stereocenters. The van der Waals surface area contributed by atoms with Crippen molar-refractivity contribution in [1.29, 1.82) is 0 Å². The first-order valence-electron chi connectivity index (χ1n) is 5.98. The van der Waals surface area contributed by atoms with Crippen molar-refractivity contribution in [2.75, 3.05) is 20.1 Å². The quantitative estimate of drug-likeness (QED) is 0.292. The van der Waals surface area contributed by atoms with Crippen LogP contribution in [0.1, 0.15) is 13.3 Å². The zero-order valence-electron chi connectivity index (χ0n) is 10.8. The Morgan fingerprint density at radius 2 is 2.39 bits per heavy atom. The van der Waals surface area contributed by atoms with Crippen molar-refractivity contribution < 1.29 is 9.23 Å². The van der Waals surface area contributed by atoms with Gasteiger partial charge in [-0.2, -0.15) is 5.48 Å². The number of hydroxylamine groups is 1. The second-order valence-electron chi connectivity index (χ2n) is 4.12. The largest absolute Gasteiger partial charge is 0.417 e. The molecule has 0 aliphatic carbocycles. The third kappa shape index (κ3) is 4.85. The highest BCUT2D eigenvalue weighted by Gasteiger charge is 2.22. The van der Waals surface area contributed by atoms with E-state index >= 15 is 0 Å². The lowest BCUT2D eigenvalue weighted by atomic mass is 10.1. The van der Waals surface area contributed by atoms with E-state index < -0.39 is 6.17 Å². The minimum Gasteiger partial charge on any atom is -0.417 e. The SMILES string of the molecule is CNO/C=C/C(N)=C(C)C=N[C@H]1CCNC[C@H]1F. The minimum atomic E-state index is -0.924. The number of rotatable bonds is 5. The summed E-state index contributed by atoms with van der Waals surface area (Å²) in [5.74, 6) is 0. The first kappa shape index (κ1) is 14.7. The monoisotopic (exact) mass is 256 g/mol. The van der Waals surface area contributed by atoms with E-state index in [0.717, 1.165) is 12.1 Å². The molecular formula is C12H21FN4O. The van der Waals surface area contributed by atoms with Crippen molar-refractivity contribution in [3.8, 4) is 0 Å². The average molecular weight is 256 g/mol. The molecule has 6 heteroatoms. The second-order valence-corrected chi connectivity index (χ2v) is 4.12. The summed E-state index contributed by atoms with van der Waals surface area (Å²) in [6.45, 7) is 3.00. The number of aliphatic imine (C=N–C) groups is 1. The maximum atomic E-state index is 13.5. The summed E-state index contributed by atoms with van der Waals surface area (Å²) in [6, 6.07) is -0.272. The Labute approximate surface area is 107 Å². The molecule has 0 unspecified atom stereocenters. The van der Waals surface area contributed by atoms with Crippen LogP contribution in [-0.4, -0.2) is 38.6 Å². The first-order chi connectivity index (χ1) is 8.65. The molecule has 0 aromatic carbocycles. The second kappa shape index (κ2) is 7.84. The fraction of sp³-hybridized carbons (Fsp3) is 0.583. The molecule has 0 spiro atoms. The minimum absolute atomic E-state index is 0.272. The van der Waals surface area contributed by atoms with Crippen molar-refractivity contribution in [2.24, 2.45) is 10.7 Å². The van der Waals surface area contributed by atoms with Crippen LogP contribution in [0.3, 0.4) is 0 Å². The van der Waals surface area contributed by atoms with Gasteiger partial charge in [-0.15, -0.1) is 0 Å². The molecule has 1 saturated heterocycles. The van der Waals surface area contributed by atoms with E-state index in [1.54, 1.807) is 19.3 Å². The fourth-order valence-corrected chi connectivity index (χ4v) is 1.56. The van der Waals surface area contributed by atoms with E-state index in [4.69, 9.17) is 10.6 Å². The Bertz CT molecular complexity index is 341. The molecule has 0 amide bonds. The van der Waals surface area contributed by atoms with Crippen LogP contribution in [0.15, 0.2) is 28.6 Å². The summed E-state index contributed by atoms with van der Waals surface area (Å²) < 4.78 is 13.5. The van der Waals surface area contributed by atoms with Gasteiger partial charge in [0, 0.05) is 25.5 Å². The Morgan fingerprint density at radius 3 is 3.06 bits per heavy atom. The van der Waals surface area contributed by atoms with Gasteiger partial charge >= 0.3 is 0 Å². The normalized spacial score (nSPS) is 26.6. The first-order valence-corrected chi connectivity index (χ1v) is 5.98. The summed E-state index contributed by atoms with van der Waals surface area (Å²) in [6.07, 6.45) is 4.47. The molecule has 0 aromatic heterocycles. The van der Waals surface area contributed by atoms with Crippen LogP contribution in [0.2, 0.25) is 0 Å². The van der Waals surface area contributed by atoms with Gasteiger partial charge in [-0.25, -0.2) is 4.39 Å². The van der Waals surface area contributed by atoms with Crippen LogP contribution in [0, 0.1) is 0 Å². The van der Waals surface area contributed by atoms with Crippen molar-refractivity contribution in [3.63, 3.8) is 0 Å². The molecule has 4 N–H and O–H groups in total. The van der Waals surface area contributed by atoms with Gasteiger partial charge in [0.15, 0.2) is 0 Å². The third-order valence-electron chi connectivity index (χ3n) is 2.72. The van der Waals surface area contributed by atoms with Crippen molar-refractivity contribution in [3.05, 3.63) is 23.6 Å². The number of nitrogens with two attached hydrogens (primary N) is 1. The van der Waals surface area contributed by atoms with E-state index in [2.05, 4.69) is 15.8 Å². The summed E-state index contributed by atoms with van der Waals surface area (Å²) in [5.41, 5.74) is 9.62. The lowest BCUT2D eigenvalue weighted by molar-refractivity contribution is 0.158. The van der Waals surface area contributed by atoms with Crippen LogP contribution in [0.4, 0.5) is 4.39 Å². The molecule has 1 fully saturated rings. The highest BCUT2D eigenvalue weighted by molar-refractivity contribution is 5.79. The lowest BCUT2D eigenvalue weighted by Gasteiger charge is -2.23. The molecule has 1 heterocycles. The number of nitrogens with zero attached hydrogens (tertiary/aromatic N) is 1. The fourth-order valence-electron chi connectivity index (χ4n) is 1.56. The zero-order chi connectivity index (χ0) is 13.4. The van der Waals surface area contributed by atoms with Crippen molar-refractivity contribution in [1.82, 2.24) is 10.8 Å². The Hall–Kier alpha value is -1.40. The molecule has 0 saturated carbocycles. The zero-order valence-corrected chi connectivity index (χ0v) is 10.8. The molecule has 102 valence electrons. The van der Waals surface area contributed by atoms with E-state index in [-0.39, 0.29) is 6.04 Å². The molecule has 1 rings (SSSR count). The van der Waals surface area contributed by atoms with E-state index in [1.807, 2.05) is 6.92 Å². The van der Waals surface area contributed by atoms with Crippen LogP contribution in [0.25, 0.3) is 0 Å². The van der Waals surface area contributed by atoms with Crippen molar-refractivity contribution >= 4 is 6.21 Å². The molecular weight excluding hydrogens is 235 g/mol. The Kier molecular flexibility index (Phi) is 6.38. The maximum absolute atomic E-state index is 13.5. The molecule has 18 heavy (non-hydrogen) atoms. The number of alkyl halides is 1. The van der Waals surface area contributed by atoms with Gasteiger partial charge in [-0.1, -0.05) is 0 Å². The molecule has 0 bridgehead atoms. The van der Waals surface area contributed by atoms with Gasteiger partial charge in [0.25, 0.3) is 0 Å². The standard InChI is InChI=1S/C12H21FN4O/c1-9(11(14)4-6-18-15-2)7-17-12-3-5-16-8-10(12)13/h4,6-7,10,12,15-16H,3,5,8,14H2,1-2H3/b6-4+,11-9?,17-7?/t10-,12+/m1/s1. The highest BCUT2D eigenvalue weighted by atomic mass is 19.1. The molecule has 0 radical (unpaired) electrons. The van der Waals surface area contributed by atoms with Gasteiger partial charge in [-0.3, -0.25) is 4.99 Å². The van der Waals surface area contributed by atoms with Crippen LogP contribution >= 0.6 is 0 Å². The predicted molar refractivity (Wildman–Crippen MR) is 70.8 cm³/mol. The van der Waals surface area contributed by atoms with E-state index in [9.17, 15) is 4.39 Å². The average Bonchev–Trinajstić information content (AvgIpc) is 2.37. The van der Waals surface area contributed by atoms with Gasteiger partial charge in [0.2, 0.25) is 0 Å². The van der Waals surface area contributed by atoms with Gasteiger partial charge < -0.3 is 15.9 Å². The van der Waals surface area contributed by atoms with Gasteiger partial charge in [0.05, 0.1) is 6.04 Å². The summed E-state index contributed by atoms with van der Waals surface area (Å²) in [7, 11) is 1.65. The van der Waals surface area contributed by atoms with Gasteiger partial charge in [0.1, 0.15) is 12.4 Å². The molecule has 1 aliphatic heterocycles. The lowest BCUT2D eigenvalue weighted by Crippen LogP contribution is -2.40. The summed E-state index contributed by atoms with van der Waals surface area (Å²) in [4.78, 5) is 9.05. The Balaban J connectivity index is 2.55. The number of piperidine rings is 1. The smallest absolute Gasteiger partial charge is 0.135 e. The third-order valence-corrected chi connectivity index (χ3v) is 2.72. The van der Waals surface area contributed by atoms with Crippen molar-refractivity contribution in [2.45, 2.75) is 25.6 Å². The van der Waals surface area contributed by atoms with E-state index in [1.165, 1.54) is 6.26 Å². The number of halogens is 1. The topological polar surface area (TPSA) is 71.7 Å². The van der Waals surface area contributed by atoms with Crippen LogP contribution < -0.4 is 16.5 Å². The van der Waals surface area contributed by atoms with Crippen LogP contribution in [0.5, 0.6) is 0 Å². The van der Waals surface area contributed by atoms with Crippen LogP contribution in [-0.2, 0) is 4.84 Å². The molecule has 0 aromatic rings. The van der Waals surface area contributed by atoms with Gasteiger partial charge in [-0.05, 0) is 31.5 Å². The predicted octanol–water partition coefficient (Wildman–Crippen LogP) is 0.655. The maximum Gasteiger partial charge on any atom is 0.135 e. The molecule has 1 aliphatic rings. The number of hydrogen-bond acceptors (Lipinski definition) is 5. The number of allylic oxidation sites excluding steroid dienone is 2. The highest BCUT2D eigenvalue weighted by Crippen LogP contribution is 2.11. The summed E-state index contributed by atoms with van der Waals surface area (Å²) in [5, 5.41) is 2.99.